The van der Waals surface area contributed by atoms with E-state index >= 15 is 0 Å². The number of fused-ring (bicyclic) bond motifs is 2. The average Bonchev–Trinajstić information content (AvgIpc) is 3.19. The van der Waals surface area contributed by atoms with Gasteiger partial charge in [0.1, 0.15) is 24.7 Å². The number of hydrogen-bond acceptors (Lipinski definition) is 6. The van der Waals surface area contributed by atoms with Crippen molar-refractivity contribution in [2.45, 2.75) is 0 Å². The molecule has 2 aliphatic heterocycles. The van der Waals surface area contributed by atoms with E-state index in [1.807, 2.05) is 36.4 Å². The number of benzene rings is 2. The maximum atomic E-state index is 5.63. The zero-order chi connectivity index (χ0) is 14.8. The minimum Gasteiger partial charge on any atom is -0.490 e. The SMILES string of the molecule is c1cc2c(cc1OCCOc1ccc3c(c1)OCO3)OCO2. The van der Waals surface area contributed by atoms with E-state index in [1.54, 1.807) is 0 Å². The van der Waals surface area contributed by atoms with E-state index in [0.29, 0.717) is 24.7 Å². The van der Waals surface area contributed by atoms with Crippen LogP contribution in [0, 0.1) is 0 Å². The fraction of sp³-hybridized carbons (Fsp3) is 0.250. The Hall–Kier alpha value is -2.76. The molecular weight excluding hydrogens is 288 g/mol. The largest absolute Gasteiger partial charge is 0.490 e. The third-order valence-electron chi connectivity index (χ3n) is 3.31. The second-order valence-corrected chi connectivity index (χ2v) is 4.73. The van der Waals surface area contributed by atoms with Gasteiger partial charge in [0.05, 0.1) is 0 Å². The number of ether oxygens (including phenoxy) is 6. The molecule has 22 heavy (non-hydrogen) atoms. The molecule has 114 valence electrons. The minimum atomic E-state index is 0.256. The van der Waals surface area contributed by atoms with Crippen molar-refractivity contribution in [3.05, 3.63) is 36.4 Å². The van der Waals surface area contributed by atoms with Gasteiger partial charge in [-0.15, -0.1) is 0 Å². The summed E-state index contributed by atoms with van der Waals surface area (Å²) in [4.78, 5) is 0. The van der Waals surface area contributed by atoms with Crippen molar-refractivity contribution in [2.75, 3.05) is 26.8 Å². The van der Waals surface area contributed by atoms with Gasteiger partial charge in [0.15, 0.2) is 23.0 Å². The second kappa shape index (κ2) is 5.55. The zero-order valence-electron chi connectivity index (χ0n) is 11.7. The zero-order valence-corrected chi connectivity index (χ0v) is 11.7. The predicted octanol–water partition coefficient (Wildman–Crippen LogP) is 2.60. The molecule has 0 N–H and O–H groups in total. The van der Waals surface area contributed by atoms with Gasteiger partial charge in [0, 0.05) is 12.1 Å². The third kappa shape index (κ3) is 2.55. The highest BCUT2D eigenvalue weighted by atomic mass is 16.7. The normalized spacial score (nSPS) is 14.0. The van der Waals surface area contributed by atoms with Crippen LogP contribution in [-0.4, -0.2) is 26.8 Å². The molecule has 0 atom stereocenters. The van der Waals surface area contributed by atoms with Crippen molar-refractivity contribution in [2.24, 2.45) is 0 Å². The van der Waals surface area contributed by atoms with Crippen LogP contribution >= 0.6 is 0 Å². The Morgan fingerprint density at radius 2 is 1.09 bits per heavy atom. The molecule has 0 fully saturated rings. The first-order chi connectivity index (χ1) is 10.9. The van der Waals surface area contributed by atoms with Gasteiger partial charge >= 0.3 is 0 Å². The molecule has 2 heterocycles. The summed E-state index contributed by atoms with van der Waals surface area (Å²) in [6, 6.07) is 11.0. The lowest BCUT2D eigenvalue weighted by atomic mass is 10.3. The first kappa shape index (κ1) is 12.9. The molecule has 0 unspecified atom stereocenters. The van der Waals surface area contributed by atoms with Crippen LogP contribution in [0.25, 0.3) is 0 Å². The summed E-state index contributed by atoms with van der Waals surface area (Å²) in [6.07, 6.45) is 0. The summed E-state index contributed by atoms with van der Waals surface area (Å²) in [5, 5.41) is 0. The Morgan fingerprint density at radius 3 is 1.59 bits per heavy atom. The lowest BCUT2D eigenvalue weighted by Gasteiger charge is -2.09. The van der Waals surface area contributed by atoms with Crippen molar-refractivity contribution in [3.8, 4) is 34.5 Å². The van der Waals surface area contributed by atoms with Crippen LogP contribution in [0.3, 0.4) is 0 Å². The molecule has 4 rings (SSSR count). The molecular formula is C16H14O6. The topological polar surface area (TPSA) is 55.4 Å². The maximum Gasteiger partial charge on any atom is 0.231 e. The van der Waals surface area contributed by atoms with Crippen molar-refractivity contribution < 1.29 is 28.4 Å². The lowest BCUT2D eigenvalue weighted by molar-refractivity contribution is 0.173. The van der Waals surface area contributed by atoms with Crippen LogP contribution in [0.2, 0.25) is 0 Å². The molecule has 2 aromatic carbocycles. The highest BCUT2D eigenvalue weighted by molar-refractivity contribution is 5.47. The van der Waals surface area contributed by atoms with E-state index in [1.165, 1.54) is 0 Å². The lowest BCUT2D eigenvalue weighted by Crippen LogP contribution is -2.08. The molecule has 6 nitrogen and oxygen atoms in total. The molecule has 0 spiro atoms. The highest BCUT2D eigenvalue weighted by Gasteiger charge is 2.14. The minimum absolute atomic E-state index is 0.256. The first-order valence-corrected chi connectivity index (χ1v) is 6.93. The second-order valence-electron chi connectivity index (χ2n) is 4.73. The van der Waals surface area contributed by atoms with E-state index < -0.39 is 0 Å². The van der Waals surface area contributed by atoms with Crippen LogP contribution in [0.5, 0.6) is 34.5 Å². The smallest absolute Gasteiger partial charge is 0.231 e. The summed E-state index contributed by atoms with van der Waals surface area (Å²) >= 11 is 0. The van der Waals surface area contributed by atoms with Crippen LogP contribution < -0.4 is 28.4 Å². The van der Waals surface area contributed by atoms with E-state index in [0.717, 1.165) is 23.0 Å². The molecule has 0 aromatic heterocycles. The van der Waals surface area contributed by atoms with Gasteiger partial charge in [-0.25, -0.2) is 0 Å². The van der Waals surface area contributed by atoms with Crippen LogP contribution in [0.15, 0.2) is 36.4 Å². The van der Waals surface area contributed by atoms with Crippen molar-refractivity contribution in [3.63, 3.8) is 0 Å². The van der Waals surface area contributed by atoms with Gasteiger partial charge in [-0.3, -0.25) is 0 Å². The highest BCUT2D eigenvalue weighted by Crippen LogP contribution is 2.36. The molecule has 0 saturated carbocycles. The summed E-state index contributed by atoms with van der Waals surface area (Å²) in [6.45, 7) is 1.36. The monoisotopic (exact) mass is 302 g/mol. The fourth-order valence-corrected chi connectivity index (χ4v) is 2.25. The van der Waals surface area contributed by atoms with Crippen molar-refractivity contribution in [1.82, 2.24) is 0 Å². The fourth-order valence-electron chi connectivity index (χ4n) is 2.25. The van der Waals surface area contributed by atoms with E-state index in [-0.39, 0.29) is 13.6 Å². The Balaban J connectivity index is 1.29. The van der Waals surface area contributed by atoms with E-state index in [4.69, 9.17) is 28.4 Å². The average molecular weight is 302 g/mol. The molecule has 0 saturated heterocycles. The van der Waals surface area contributed by atoms with Crippen LogP contribution in [0.1, 0.15) is 0 Å². The van der Waals surface area contributed by atoms with Gasteiger partial charge < -0.3 is 28.4 Å². The predicted molar refractivity (Wildman–Crippen MR) is 76.1 cm³/mol. The number of rotatable bonds is 5. The van der Waals surface area contributed by atoms with E-state index in [9.17, 15) is 0 Å². The third-order valence-corrected chi connectivity index (χ3v) is 3.31. The van der Waals surface area contributed by atoms with Gasteiger partial charge in [-0.1, -0.05) is 0 Å². The molecule has 2 aromatic rings. The molecule has 0 amide bonds. The molecule has 0 aliphatic carbocycles. The van der Waals surface area contributed by atoms with E-state index in [2.05, 4.69) is 0 Å². The van der Waals surface area contributed by atoms with Crippen molar-refractivity contribution in [1.29, 1.82) is 0 Å². The van der Waals surface area contributed by atoms with Crippen LogP contribution in [0.4, 0.5) is 0 Å². The summed E-state index contributed by atoms with van der Waals surface area (Å²) < 4.78 is 32.4. The van der Waals surface area contributed by atoms with Gasteiger partial charge in [0.2, 0.25) is 13.6 Å². The van der Waals surface area contributed by atoms with Gasteiger partial charge in [0.25, 0.3) is 0 Å². The summed E-state index contributed by atoms with van der Waals surface area (Å²) in [7, 11) is 0. The Morgan fingerprint density at radius 1 is 0.636 bits per heavy atom. The molecule has 6 heteroatoms. The summed E-state index contributed by atoms with van der Waals surface area (Å²) in [5.74, 6) is 4.33. The van der Waals surface area contributed by atoms with Gasteiger partial charge in [-0.05, 0) is 24.3 Å². The Labute approximate surface area is 127 Å². The maximum absolute atomic E-state index is 5.63. The van der Waals surface area contributed by atoms with Crippen molar-refractivity contribution >= 4 is 0 Å². The molecule has 0 bridgehead atoms. The number of hydrogen-bond donors (Lipinski definition) is 0. The first-order valence-electron chi connectivity index (χ1n) is 6.93. The standard InChI is InChI=1S/C16H14O6/c1-3-13-15(21-9-19-13)7-11(1)17-5-6-18-12-2-4-14-16(8-12)22-10-20-14/h1-4,7-8H,5-6,9-10H2. The Kier molecular flexibility index (Phi) is 3.27. The molecule has 0 radical (unpaired) electrons. The Bertz CT molecular complexity index is 625. The van der Waals surface area contributed by atoms with Crippen LogP contribution in [-0.2, 0) is 0 Å². The van der Waals surface area contributed by atoms with Gasteiger partial charge in [-0.2, -0.15) is 0 Å². The molecule has 2 aliphatic rings. The quantitative estimate of drug-likeness (QED) is 0.791. The summed E-state index contributed by atoms with van der Waals surface area (Å²) in [5.41, 5.74) is 0.